The second kappa shape index (κ2) is 10.1. The molecule has 10 atom stereocenters. The molecule has 0 spiro atoms. The number of hydrogen-bond donors (Lipinski definition) is 7. The highest BCUT2D eigenvalue weighted by molar-refractivity contribution is 7.80. The van der Waals surface area contributed by atoms with Gasteiger partial charge >= 0.3 is 0 Å². The summed E-state index contributed by atoms with van der Waals surface area (Å²) in [4.78, 5) is 11.4. The topological polar surface area (TPSA) is 245 Å². The molecule has 2 aliphatic rings. The first-order chi connectivity index (χ1) is 13.9. The van der Waals surface area contributed by atoms with Crippen molar-refractivity contribution in [2.75, 3.05) is 13.2 Å². The summed E-state index contributed by atoms with van der Waals surface area (Å²) in [6, 6.07) is -1.42. The van der Waals surface area contributed by atoms with Gasteiger partial charge in [-0.3, -0.25) is 8.98 Å². The van der Waals surface area contributed by atoms with Gasteiger partial charge in [-0.15, -0.1) is 0 Å². The Bertz CT molecular complexity index is 690. The van der Waals surface area contributed by atoms with E-state index in [1.807, 2.05) is 0 Å². The fourth-order valence-electron chi connectivity index (χ4n) is 3.11. The summed E-state index contributed by atoms with van der Waals surface area (Å²) in [6.07, 6.45) is -15.5. The van der Waals surface area contributed by atoms with E-state index in [0.29, 0.717) is 0 Å². The normalized spacial score (nSPS) is 42.7. The zero-order valence-corrected chi connectivity index (χ0v) is 16.4. The number of rotatable bonds is 7. The summed E-state index contributed by atoms with van der Waals surface area (Å²) in [7, 11) is -5.16. The second-order valence-electron chi connectivity index (χ2n) is 6.77. The summed E-state index contributed by atoms with van der Waals surface area (Å²) in [5.74, 6) is -0.661. The molecule has 0 aromatic carbocycles. The number of nitrogens with one attached hydrogen (secondary N) is 1. The highest BCUT2D eigenvalue weighted by Gasteiger charge is 2.51. The Balaban J connectivity index is 2.22. The first-order valence-electron chi connectivity index (χ1n) is 8.70. The summed E-state index contributed by atoms with van der Waals surface area (Å²) < 4.78 is 51.3. The molecule has 176 valence electrons. The van der Waals surface area contributed by atoms with E-state index >= 15 is 0 Å². The minimum absolute atomic E-state index is 0.661. The van der Waals surface area contributed by atoms with Gasteiger partial charge in [0, 0.05) is 6.92 Å². The summed E-state index contributed by atoms with van der Waals surface area (Å²) in [6.45, 7) is -0.685. The number of aliphatic hydroxyl groups excluding tert-OH is 6. The number of hydrogen-bond acceptors (Lipinski definition) is 14. The zero-order valence-electron chi connectivity index (χ0n) is 15.5. The average Bonchev–Trinajstić information content (AvgIpc) is 2.65. The Morgan fingerprint density at radius 2 is 1.67 bits per heavy atom. The lowest BCUT2D eigenvalue weighted by Gasteiger charge is -2.46. The van der Waals surface area contributed by atoms with Crippen molar-refractivity contribution < 1.29 is 66.8 Å². The molecule has 1 amide bonds. The first kappa shape index (κ1) is 25.2. The molecular formula is C14H24NO14S-. The van der Waals surface area contributed by atoms with Crippen LogP contribution in [-0.2, 0) is 33.6 Å². The molecule has 2 fully saturated rings. The lowest BCUT2D eigenvalue weighted by molar-refractivity contribution is -0.341. The third kappa shape index (κ3) is 6.02. The Labute approximate surface area is 170 Å². The Kier molecular flexibility index (Phi) is 8.47. The van der Waals surface area contributed by atoms with Gasteiger partial charge in [0.25, 0.3) is 0 Å². The minimum atomic E-state index is -5.16. The maximum atomic E-state index is 11.4. The fraction of sp³-hybridized carbons (Fsp3) is 0.929. The van der Waals surface area contributed by atoms with E-state index < -0.39 is 90.9 Å². The van der Waals surface area contributed by atoms with Crippen molar-refractivity contribution in [1.29, 1.82) is 0 Å². The van der Waals surface area contributed by atoms with Crippen LogP contribution in [0.15, 0.2) is 0 Å². The molecule has 15 nitrogen and oxygen atoms in total. The maximum Gasteiger partial charge on any atom is 0.217 e. The van der Waals surface area contributed by atoms with E-state index in [4.69, 9.17) is 14.2 Å². The number of carbonyl (C=O) groups excluding carboxylic acids is 1. The molecule has 0 aromatic heterocycles. The smallest absolute Gasteiger partial charge is 0.217 e. The van der Waals surface area contributed by atoms with Crippen LogP contribution in [0, 0.1) is 0 Å². The number of carbonyl (C=O) groups is 1. The Morgan fingerprint density at radius 3 is 2.20 bits per heavy atom. The van der Waals surface area contributed by atoms with Crippen LogP contribution in [0.25, 0.3) is 0 Å². The molecule has 0 bridgehead atoms. The number of ether oxygens (including phenoxy) is 3. The molecule has 0 radical (unpaired) electrons. The van der Waals surface area contributed by atoms with Crippen molar-refractivity contribution in [3.63, 3.8) is 0 Å². The molecule has 30 heavy (non-hydrogen) atoms. The van der Waals surface area contributed by atoms with Crippen molar-refractivity contribution in [2.45, 2.75) is 68.3 Å². The fourth-order valence-corrected chi connectivity index (χ4v) is 3.41. The lowest BCUT2D eigenvalue weighted by Crippen LogP contribution is -2.67. The molecule has 0 saturated carbocycles. The monoisotopic (exact) mass is 462 g/mol. The Hall–Kier alpha value is -1.02. The molecule has 7 N–H and O–H groups in total. The van der Waals surface area contributed by atoms with E-state index in [-0.39, 0.29) is 0 Å². The number of aliphatic hydroxyl groups is 6. The van der Waals surface area contributed by atoms with Gasteiger partial charge in [-0.05, 0) is 0 Å². The van der Waals surface area contributed by atoms with Gasteiger partial charge in [-0.2, -0.15) is 0 Å². The van der Waals surface area contributed by atoms with E-state index in [2.05, 4.69) is 9.50 Å². The average molecular weight is 462 g/mol. The van der Waals surface area contributed by atoms with Crippen molar-refractivity contribution >= 4 is 16.3 Å². The summed E-state index contributed by atoms with van der Waals surface area (Å²) in [5.41, 5.74) is 0. The van der Waals surface area contributed by atoms with Gasteiger partial charge in [0.15, 0.2) is 12.6 Å². The lowest BCUT2D eigenvalue weighted by atomic mass is 9.95. The van der Waals surface area contributed by atoms with Gasteiger partial charge in [0.05, 0.1) is 13.2 Å². The van der Waals surface area contributed by atoms with Gasteiger partial charge in [-0.1, -0.05) is 0 Å². The largest absolute Gasteiger partial charge is 0.726 e. The van der Waals surface area contributed by atoms with Crippen LogP contribution in [0.5, 0.6) is 0 Å². The van der Waals surface area contributed by atoms with Crippen LogP contribution < -0.4 is 5.32 Å². The molecule has 0 unspecified atom stereocenters. The van der Waals surface area contributed by atoms with E-state index in [0.717, 1.165) is 6.92 Å². The van der Waals surface area contributed by atoms with Crippen LogP contribution in [-0.4, -0.2) is 124 Å². The third-order valence-corrected chi connectivity index (χ3v) is 5.00. The number of amides is 1. The molecular weight excluding hydrogens is 438 g/mol. The van der Waals surface area contributed by atoms with Crippen LogP contribution in [0.2, 0.25) is 0 Å². The Morgan fingerprint density at radius 1 is 1.03 bits per heavy atom. The molecule has 0 aliphatic carbocycles. The molecule has 2 rings (SSSR count). The maximum absolute atomic E-state index is 11.4. The molecule has 0 aromatic rings. The predicted molar refractivity (Wildman–Crippen MR) is 88.8 cm³/mol. The SMILES string of the molecule is CC(=O)N[C@H]1[C@H](O[C@@H]2[C@@H](O)[C@H](O)O[C@H](COS(=O)(=O)[O-])[C@@H]2O)O[C@H](CO)[C@@H](O)[C@@H]1O. The van der Waals surface area contributed by atoms with Crippen molar-refractivity contribution in [3.8, 4) is 0 Å². The minimum Gasteiger partial charge on any atom is -0.726 e. The molecule has 2 heterocycles. The summed E-state index contributed by atoms with van der Waals surface area (Å²) >= 11 is 0. The van der Waals surface area contributed by atoms with Gasteiger partial charge in [0.2, 0.25) is 16.3 Å². The van der Waals surface area contributed by atoms with Crippen molar-refractivity contribution in [1.82, 2.24) is 5.32 Å². The highest BCUT2D eigenvalue weighted by Crippen LogP contribution is 2.29. The highest BCUT2D eigenvalue weighted by atomic mass is 32.3. The molecule has 16 heteroatoms. The first-order valence-corrected chi connectivity index (χ1v) is 10.0. The molecule has 2 aliphatic heterocycles. The van der Waals surface area contributed by atoms with Crippen molar-refractivity contribution in [3.05, 3.63) is 0 Å². The van der Waals surface area contributed by atoms with Gasteiger partial charge in [0.1, 0.15) is 48.8 Å². The standard InChI is InChI=1S/C14H25NO14S/c1-4(17)15-7-10(20)8(18)5(2-16)28-14(7)29-12-9(19)6(3-26-30(23,24)25)27-13(22)11(12)21/h5-14,16,18-22H,2-3H2,1H3,(H,15,17)(H,23,24,25)/p-1/t5-,6-,7-,8-,9+,10-,11-,12+,13-,14+/m1/s1. The van der Waals surface area contributed by atoms with Crippen LogP contribution in [0.4, 0.5) is 0 Å². The molecule has 2 saturated heterocycles. The quantitative estimate of drug-likeness (QED) is 0.138. The van der Waals surface area contributed by atoms with E-state index in [1.165, 1.54) is 0 Å². The summed E-state index contributed by atoms with van der Waals surface area (Å²) in [5, 5.41) is 62.1. The van der Waals surface area contributed by atoms with Gasteiger partial charge in [-0.25, -0.2) is 8.42 Å². The van der Waals surface area contributed by atoms with Crippen LogP contribution in [0.3, 0.4) is 0 Å². The zero-order chi connectivity index (χ0) is 22.8. The van der Waals surface area contributed by atoms with Gasteiger partial charge < -0.3 is 54.7 Å². The van der Waals surface area contributed by atoms with Crippen molar-refractivity contribution in [2.24, 2.45) is 0 Å². The third-order valence-electron chi connectivity index (χ3n) is 4.58. The van der Waals surface area contributed by atoms with Crippen LogP contribution >= 0.6 is 0 Å². The second-order valence-corrected chi connectivity index (χ2v) is 7.82. The van der Waals surface area contributed by atoms with Crippen LogP contribution in [0.1, 0.15) is 6.92 Å². The van der Waals surface area contributed by atoms with E-state index in [9.17, 15) is 48.4 Å². The predicted octanol–water partition coefficient (Wildman–Crippen LogP) is -5.77. The van der Waals surface area contributed by atoms with E-state index in [1.54, 1.807) is 0 Å².